The zero-order valence-electron chi connectivity index (χ0n) is 15.7. The number of nitrogens with one attached hydrogen (secondary N) is 1. The molecule has 0 aliphatic heterocycles. The van der Waals surface area contributed by atoms with Crippen molar-refractivity contribution in [2.75, 3.05) is 0 Å². The summed E-state index contributed by atoms with van der Waals surface area (Å²) in [7, 11) is 0. The summed E-state index contributed by atoms with van der Waals surface area (Å²) in [4.78, 5) is 34.5. The molecule has 0 saturated heterocycles. The van der Waals surface area contributed by atoms with Crippen LogP contribution in [-0.2, 0) is 11.3 Å². The largest absolute Gasteiger partial charge is 0.351 e. The first-order chi connectivity index (χ1) is 13.7. The second-order valence-corrected chi connectivity index (χ2v) is 8.08. The van der Waals surface area contributed by atoms with Crippen molar-refractivity contribution in [3.8, 4) is 0 Å². The van der Waals surface area contributed by atoms with Gasteiger partial charge in [-0.25, -0.2) is 4.98 Å². The first-order valence-electron chi connectivity index (χ1n) is 9.52. The lowest BCUT2D eigenvalue weighted by Gasteiger charge is -2.17. The van der Waals surface area contributed by atoms with Crippen LogP contribution in [0.2, 0.25) is 0 Å². The standard InChI is InChI=1S/C21H22N4O2S/c1-2-18(19(26)23-13-14-6-5-11-22-12-14)28-21-24-17-8-4-3-7-16(17)20(27)25(21)15-9-10-15/h3-8,11-12,15,18H,2,9-10,13H2,1H3,(H,23,26). The molecule has 1 N–H and O–H groups in total. The molecule has 28 heavy (non-hydrogen) atoms. The van der Waals surface area contributed by atoms with Gasteiger partial charge in [-0.2, -0.15) is 0 Å². The molecule has 1 aliphatic rings. The molecule has 2 heterocycles. The van der Waals surface area contributed by atoms with E-state index >= 15 is 0 Å². The summed E-state index contributed by atoms with van der Waals surface area (Å²) in [5.41, 5.74) is 1.62. The first-order valence-corrected chi connectivity index (χ1v) is 10.4. The minimum atomic E-state index is -0.310. The van der Waals surface area contributed by atoms with Crippen molar-refractivity contribution < 1.29 is 4.79 Å². The fourth-order valence-electron chi connectivity index (χ4n) is 3.12. The summed E-state index contributed by atoms with van der Waals surface area (Å²) in [5, 5.41) is 3.93. The quantitative estimate of drug-likeness (QED) is 0.491. The van der Waals surface area contributed by atoms with Gasteiger partial charge in [0.05, 0.1) is 16.2 Å². The maximum atomic E-state index is 13.0. The zero-order valence-corrected chi connectivity index (χ0v) is 16.5. The van der Waals surface area contributed by atoms with Gasteiger partial charge in [0.25, 0.3) is 5.56 Å². The van der Waals surface area contributed by atoms with Crippen molar-refractivity contribution in [1.29, 1.82) is 0 Å². The van der Waals surface area contributed by atoms with Crippen LogP contribution in [0.3, 0.4) is 0 Å². The van der Waals surface area contributed by atoms with Crippen LogP contribution < -0.4 is 10.9 Å². The molecule has 0 spiro atoms. The predicted molar refractivity (Wildman–Crippen MR) is 110 cm³/mol. The van der Waals surface area contributed by atoms with Crippen molar-refractivity contribution in [3.05, 3.63) is 64.7 Å². The summed E-state index contributed by atoms with van der Waals surface area (Å²) in [5.74, 6) is -0.0545. The van der Waals surface area contributed by atoms with Crippen LogP contribution in [0.1, 0.15) is 37.8 Å². The van der Waals surface area contributed by atoms with E-state index in [2.05, 4.69) is 10.3 Å². The highest BCUT2D eigenvalue weighted by Gasteiger charge is 2.30. The van der Waals surface area contributed by atoms with E-state index in [4.69, 9.17) is 4.98 Å². The highest BCUT2D eigenvalue weighted by Crippen LogP contribution is 2.38. The van der Waals surface area contributed by atoms with Gasteiger partial charge in [-0.05, 0) is 43.0 Å². The molecule has 0 bridgehead atoms. The second-order valence-electron chi connectivity index (χ2n) is 6.91. The molecule has 2 aromatic heterocycles. The van der Waals surface area contributed by atoms with Crippen LogP contribution in [0.15, 0.2) is 58.7 Å². The molecular weight excluding hydrogens is 372 g/mol. The summed E-state index contributed by atoms with van der Waals surface area (Å²) in [6.07, 6.45) is 6.06. The average molecular weight is 395 g/mol. The van der Waals surface area contributed by atoms with Crippen LogP contribution in [0.5, 0.6) is 0 Å². The molecule has 4 rings (SSSR count). The zero-order chi connectivity index (χ0) is 19.5. The number of carbonyl (C=O) groups is 1. The van der Waals surface area contributed by atoms with Gasteiger partial charge in [-0.3, -0.25) is 19.1 Å². The van der Waals surface area contributed by atoms with E-state index in [1.165, 1.54) is 11.8 Å². The summed E-state index contributed by atoms with van der Waals surface area (Å²) >= 11 is 1.38. The third-order valence-electron chi connectivity index (χ3n) is 4.79. The minimum Gasteiger partial charge on any atom is -0.351 e. The van der Waals surface area contributed by atoms with E-state index in [9.17, 15) is 9.59 Å². The molecule has 1 amide bonds. The van der Waals surface area contributed by atoms with Gasteiger partial charge in [0, 0.05) is 25.0 Å². The van der Waals surface area contributed by atoms with Gasteiger partial charge >= 0.3 is 0 Å². The highest BCUT2D eigenvalue weighted by atomic mass is 32.2. The second kappa shape index (κ2) is 8.14. The van der Waals surface area contributed by atoms with E-state index in [1.54, 1.807) is 17.0 Å². The molecule has 1 saturated carbocycles. The van der Waals surface area contributed by atoms with Gasteiger partial charge in [0.15, 0.2) is 5.16 Å². The van der Waals surface area contributed by atoms with E-state index in [1.807, 2.05) is 43.3 Å². The van der Waals surface area contributed by atoms with E-state index in [0.29, 0.717) is 29.0 Å². The average Bonchev–Trinajstić information content (AvgIpc) is 3.56. The van der Waals surface area contributed by atoms with E-state index < -0.39 is 0 Å². The van der Waals surface area contributed by atoms with Gasteiger partial charge in [-0.15, -0.1) is 0 Å². The lowest BCUT2D eigenvalue weighted by molar-refractivity contribution is -0.120. The number of nitrogens with zero attached hydrogens (tertiary/aromatic N) is 3. The lowest BCUT2D eigenvalue weighted by Crippen LogP contribution is -2.33. The smallest absolute Gasteiger partial charge is 0.262 e. The number of rotatable bonds is 7. The minimum absolute atomic E-state index is 0.0128. The number of hydrogen-bond donors (Lipinski definition) is 1. The molecule has 1 fully saturated rings. The molecule has 1 atom stereocenters. The monoisotopic (exact) mass is 394 g/mol. The van der Waals surface area contributed by atoms with Gasteiger partial charge < -0.3 is 5.32 Å². The Bertz CT molecular complexity index is 1050. The number of para-hydroxylation sites is 1. The molecule has 1 unspecified atom stereocenters. The molecule has 3 aromatic rings. The van der Waals surface area contributed by atoms with Crippen LogP contribution in [0.25, 0.3) is 10.9 Å². The number of fused-ring (bicyclic) bond motifs is 1. The summed E-state index contributed by atoms with van der Waals surface area (Å²) in [6.45, 7) is 2.41. The normalized spacial score (nSPS) is 14.8. The number of amides is 1. The Morgan fingerprint density at radius 1 is 1.29 bits per heavy atom. The third-order valence-corrected chi connectivity index (χ3v) is 6.12. The lowest BCUT2D eigenvalue weighted by atomic mass is 10.2. The maximum Gasteiger partial charge on any atom is 0.262 e. The van der Waals surface area contributed by atoms with Crippen molar-refractivity contribution >= 4 is 28.6 Å². The number of benzene rings is 1. The molecule has 144 valence electrons. The highest BCUT2D eigenvalue weighted by molar-refractivity contribution is 8.00. The predicted octanol–water partition coefficient (Wildman–Crippen LogP) is 3.31. The van der Waals surface area contributed by atoms with Crippen LogP contribution in [-0.4, -0.2) is 25.7 Å². The molecule has 1 aromatic carbocycles. The Balaban J connectivity index is 1.57. The summed E-state index contributed by atoms with van der Waals surface area (Å²) in [6, 6.07) is 11.4. The van der Waals surface area contributed by atoms with E-state index in [-0.39, 0.29) is 22.8 Å². The Labute approximate surface area is 167 Å². The van der Waals surface area contributed by atoms with Gasteiger partial charge in [0.2, 0.25) is 5.91 Å². The number of thioether (sulfide) groups is 1. The Morgan fingerprint density at radius 2 is 2.11 bits per heavy atom. The number of aromatic nitrogens is 3. The molecule has 1 aliphatic carbocycles. The van der Waals surface area contributed by atoms with Crippen molar-refractivity contribution in [2.45, 2.75) is 49.2 Å². The molecule has 6 nitrogen and oxygen atoms in total. The van der Waals surface area contributed by atoms with Crippen LogP contribution >= 0.6 is 11.8 Å². The van der Waals surface area contributed by atoms with Crippen molar-refractivity contribution in [1.82, 2.24) is 19.9 Å². The number of hydrogen-bond acceptors (Lipinski definition) is 5. The Hall–Kier alpha value is -2.67. The van der Waals surface area contributed by atoms with Gasteiger partial charge in [-0.1, -0.05) is 36.9 Å². The van der Waals surface area contributed by atoms with Crippen molar-refractivity contribution in [3.63, 3.8) is 0 Å². The third kappa shape index (κ3) is 3.94. The molecule has 7 heteroatoms. The molecular formula is C21H22N4O2S. The number of pyridine rings is 1. The fraction of sp³-hybridized carbons (Fsp3) is 0.333. The number of carbonyl (C=O) groups excluding carboxylic acids is 1. The van der Waals surface area contributed by atoms with E-state index in [0.717, 1.165) is 18.4 Å². The molecule has 0 radical (unpaired) electrons. The van der Waals surface area contributed by atoms with Crippen LogP contribution in [0.4, 0.5) is 0 Å². The fourth-order valence-corrected chi connectivity index (χ4v) is 4.23. The Morgan fingerprint density at radius 3 is 2.82 bits per heavy atom. The Kier molecular flexibility index (Phi) is 5.43. The topological polar surface area (TPSA) is 76.9 Å². The van der Waals surface area contributed by atoms with Crippen LogP contribution in [0, 0.1) is 0 Å². The van der Waals surface area contributed by atoms with Gasteiger partial charge in [0.1, 0.15) is 0 Å². The summed E-state index contributed by atoms with van der Waals surface area (Å²) < 4.78 is 1.78. The SMILES string of the molecule is CCC(Sc1nc2ccccc2c(=O)n1C1CC1)C(=O)NCc1cccnc1. The maximum absolute atomic E-state index is 13.0. The first kappa shape index (κ1) is 18.7. The van der Waals surface area contributed by atoms with Crippen molar-refractivity contribution in [2.24, 2.45) is 0 Å².